The number of hydrazine groups is 1. The smallest absolute Gasteiger partial charge is 0.0720 e. The number of nitrogens with zero attached hydrogens (tertiary/aromatic N) is 1. The van der Waals surface area contributed by atoms with Crippen LogP contribution < -0.4 is 16.6 Å². The summed E-state index contributed by atoms with van der Waals surface area (Å²) in [7, 11) is 0. The molecule has 4 N–H and O–H groups in total. The van der Waals surface area contributed by atoms with Gasteiger partial charge in [0.1, 0.15) is 0 Å². The van der Waals surface area contributed by atoms with E-state index >= 15 is 0 Å². The van der Waals surface area contributed by atoms with Gasteiger partial charge in [-0.3, -0.25) is 0 Å². The molecule has 2 heterocycles. The molecule has 0 radical (unpaired) electrons. The van der Waals surface area contributed by atoms with Crippen LogP contribution in [0.3, 0.4) is 0 Å². The first-order chi connectivity index (χ1) is 12.6. The third kappa shape index (κ3) is 3.28. The number of hydrogen-bond acceptors (Lipinski definition) is 5. The summed E-state index contributed by atoms with van der Waals surface area (Å²) in [6.07, 6.45) is 0. The molecule has 0 atom stereocenters. The molecule has 4 rings (SSSR count). The largest absolute Gasteiger partial charge is 0.399 e. The molecule has 0 aliphatic carbocycles. The summed E-state index contributed by atoms with van der Waals surface area (Å²) in [4.78, 5) is 7.31. The van der Waals surface area contributed by atoms with Gasteiger partial charge in [-0.05, 0) is 42.3 Å². The Morgan fingerprint density at radius 1 is 1.08 bits per heavy atom. The zero-order chi connectivity index (χ0) is 18.1. The Hall–Kier alpha value is -2.50. The maximum absolute atomic E-state index is 5.82. The van der Waals surface area contributed by atoms with Crippen LogP contribution in [0.4, 0.5) is 5.69 Å². The highest BCUT2D eigenvalue weighted by Crippen LogP contribution is 2.36. The minimum absolute atomic E-state index is 0.418. The Balaban J connectivity index is 1.83. The molecule has 2 aromatic carbocycles. The molecule has 0 amide bonds. The number of fused-ring (bicyclic) bond motifs is 1. The lowest BCUT2D eigenvalue weighted by molar-refractivity contribution is 0.618. The lowest BCUT2D eigenvalue weighted by Crippen LogP contribution is -2.25. The molecule has 0 saturated heterocycles. The Morgan fingerprint density at radius 2 is 1.85 bits per heavy atom. The average Bonchev–Trinajstić information content (AvgIpc) is 3.14. The fourth-order valence-electron chi connectivity index (χ4n) is 3.17. The van der Waals surface area contributed by atoms with Crippen molar-refractivity contribution in [2.75, 3.05) is 12.3 Å². The average molecular weight is 363 g/mol. The first kappa shape index (κ1) is 16.9. The highest BCUT2D eigenvalue weighted by Gasteiger charge is 2.20. The summed E-state index contributed by atoms with van der Waals surface area (Å²) < 4.78 is 0. The van der Waals surface area contributed by atoms with Crippen molar-refractivity contribution >= 4 is 33.9 Å². The van der Waals surface area contributed by atoms with E-state index in [9.17, 15) is 0 Å². The monoisotopic (exact) mass is 362 g/mol. The van der Waals surface area contributed by atoms with E-state index < -0.39 is 0 Å². The number of allylic oxidation sites excluding steroid dienone is 1. The van der Waals surface area contributed by atoms with Gasteiger partial charge in [0.25, 0.3) is 0 Å². The van der Waals surface area contributed by atoms with Crippen molar-refractivity contribution in [3.63, 3.8) is 0 Å². The van der Waals surface area contributed by atoms with Crippen molar-refractivity contribution < 1.29 is 0 Å². The van der Waals surface area contributed by atoms with E-state index in [4.69, 9.17) is 10.7 Å². The fraction of sp³-hybridized carbons (Fsp3) is 0.190. The number of rotatable bonds is 4. The molecule has 0 unspecified atom stereocenters. The second-order valence-corrected chi connectivity index (χ2v) is 7.83. The van der Waals surface area contributed by atoms with Crippen LogP contribution in [0.15, 0.2) is 70.1 Å². The molecular weight excluding hydrogens is 340 g/mol. The van der Waals surface area contributed by atoms with Crippen LogP contribution in [0.2, 0.25) is 0 Å². The number of para-hydroxylation sites is 1. The Bertz CT molecular complexity index is 977. The topological polar surface area (TPSA) is 63.0 Å². The Kier molecular flexibility index (Phi) is 4.57. The number of anilines is 1. The fourth-order valence-corrected chi connectivity index (χ4v) is 4.14. The van der Waals surface area contributed by atoms with Crippen molar-refractivity contribution in [1.29, 1.82) is 0 Å². The summed E-state index contributed by atoms with van der Waals surface area (Å²) in [6, 6.07) is 18.5. The third-order valence-electron chi connectivity index (χ3n) is 4.49. The number of nitrogen functional groups attached to an aromatic ring is 1. The first-order valence-corrected chi connectivity index (χ1v) is 9.59. The van der Waals surface area contributed by atoms with E-state index in [1.807, 2.05) is 18.2 Å². The van der Waals surface area contributed by atoms with Crippen LogP contribution in [-0.2, 0) is 0 Å². The molecule has 26 heavy (non-hydrogen) atoms. The molecule has 1 aliphatic rings. The van der Waals surface area contributed by atoms with Crippen LogP contribution >= 0.6 is 11.8 Å². The van der Waals surface area contributed by atoms with Crippen LogP contribution in [0, 0.1) is 5.92 Å². The maximum atomic E-state index is 5.82. The summed E-state index contributed by atoms with van der Waals surface area (Å²) in [6.45, 7) is 5.17. The van der Waals surface area contributed by atoms with Crippen LogP contribution in [0.1, 0.15) is 19.5 Å². The first-order valence-electron chi connectivity index (χ1n) is 8.77. The van der Waals surface area contributed by atoms with Crippen molar-refractivity contribution in [3.8, 4) is 0 Å². The molecular formula is C21H22N4S. The van der Waals surface area contributed by atoms with Crippen LogP contribution in [0.5, 0.6) is 0 Å². The van der Waals surface area contributed by atoms with E-state index in [0.717, 1.165) is 23.4 Å². The third-order valence-corrected chi connectivity index (χ3v) is 5.55. The van der Waals surface area contributed by atoms with Gasteiger partial charge in [0.2, 0.25) is 0 Å². The lowest BCUT2D eigenvalue weighted by Gasteiger charge is -2.13. The maximum Gasteiger partial charge on any atom is 0.0720 e. The molecule has 0 spiro atoms. The Morgan fingerprint density at radius 3 is 2.62 bits per heavy atom. The van der Waals surface area contributed by atoms with E-state index in [0.29, 0.717) is 5.92 Å². The lowest BCUT2D eigenvalue weighted by atomic mass is 10.0. The quantitative estimate of drug-likeness (QED) is 0.599. The molecule has 3 aromatic rings. The van der Waals surface area contributed by atoms with Gasteiger partial charge < -0.3 is 11.2 Å². The summed E-state index contributed by atoms with van der Waals surface area (Å²) in [5, 5.41) is 1.17. The van der Waals surface area contributed by atoms with Crippen molar-refractivity contribution in [3.05, 3.63) is 66.0 Å². The number of nitrogens with one attached hydrogen (secondary N) is 2. The van der Waals surface area contributed by atoms with E-state index in [1.54, 1.807) is 11.8 Å². The number of nitrogens with two attached hydrogens (primary N) is 1. The zero-order valence-electron chi connectivity index (χ0n) is 14.9. The van der Waals surface area contributed by atoms with Gasteiger partial charge in [0.15, 0.2) is 0 Å². The Labute approximate surface area is 157 Å². The minimum atomic E-state index is 0.418. The predicted octanol–water partition coefficient (Wildman–Crippen LogP) is 4.44. The highest BCUT2D eigenvalue weighted by atomic mass is 32.2. The van der Waals surface area contributed by atoms with E-state index in [2.05, 4.69) is 61.1 Å². The molecule has 5 heteroatoms. The van der Waals surface area contributed by atoms with E-state index in [1.165, 1.54) is 26.4 Å². The molecule has 4 nitrogen and oxygen atoms in total. The number of pyridine rings is 1. The molecule has 0 fully saturated rings. The van der Waals surface area contributed by atoms with Crippen molar-refractivity contribution in [2.45, 2.75) is 23.6 Å². The summed E-state index contributed by atoms with van der Waals surface area (Å²) >= 11 is 1.75. The minimum Gasteiger partial charge on any atom is -0.399 e. The molecule has 0 saturated carbocycles. The van der Waals surface area contributed by atoms with Crippen LogP contribution in [0.25, 0.3) is 16.5 Å². The number of benzene rings is 2. The van der Waals surface area contributed by atoms with Crippen molar-refractivity contribution in [2.24, 2.45) is 5.92 Å². The second-order valence-electron chi connectivity index (χ2n) is 6.72. The molecule has 132 valence electrons. The van der Waals surface area contributed by atoms with Gasteiger partial charge in [-0.2, -0.15) is 0 Å². The SMILES string of the molecule is CC(C)C1=C(c2cc(Sc3ccc(N)cc3)c3ccccc3n2)CNN1. The normalized spacial score (nSPS) is 14.3. The van der Waals surface area contributed by atoms with E-state index in [-0.39, 0.29) is 0 Å². The van der Waals surface area contributed by atoms with Crippen LogP contribution in [-0.4, -0.2) is 11.5 Å². The van der Waals surface area contributed by atoms with Gasteiger partial charge >= 0.3 is 0 Å². The predicted molar refractivity (Wildman–Crippen MR) is 110 cm³/mol. The standard InChI is InChI=1S/C21H22N4S/c1-13(2)21-17(12-23-25-21)19-11-20(16-5-3-4-6-18(16)24-19)26-15-9-7-14(22)8-10-15/h3-11,13,23,25H,12,22H2,1-2H3. The summed E-state index contributed by atoms with van der Waals surface area (Å²) in [5.41, 5.74) is 17.7. The number of aromatic nitrogens is 1. The highest BCUT2D eigenvalue weighted by molar-refractivity contribution is 7.99. The second kappa shape index (κ2) is 7.02. The molecule has 1 aromatic heterocycles. The van der Waals surface area contributed by atoms with Crippen molar-refractivity contribution in [1.82, 2.24) is 15.8 Å². The van der Waals surface area contributed by atoms with Gasteiger partial charge in [-0.1, -0.05) is 43.8 Å². The molecule has 0 bridgehead atoms. The summed E-state index contributed by atoms with van der Waals surface area (Å²) in [5.74, 6) is 0.418. The van der Waals surface area contributed by atoms with Gasteiger partial charge in [-0.25, -0.2) is 10.4 Å². The zero-order valence-corrected chi connectivity index (χ0v) is 15.7. The van der Waals surface area contributed by atoms with Gasteiger partial charge in [-0.15, -0.1) is 0 Å². The van der Waals surface area contributed by atoms with Gasteiger partial charge in [0, 0.05) is 38.7 Å². The number of hydrogen-bond donors (Lipinski definition) is 3. The molecule has 1 aliphatic heterocycles. The van der Waals surface area contributed by atoms with Gasteiger partial charge in [0.05, 0.1) is 11.2 Å².